The molecule has 0 amide bonds. The van der Waals surface area contributed by atoms with Gasteiger partial charge in [0.2, 0.25) is 0 Å². The number of rotatable bonds is 4. The van der Waals surface area contributed by atoms with Crippen molar-refractivity contribution in [2.45, 2.75) is 32.9 Å². The molecule has 19 heavy (non-hydrogen) atoms. The zero-order valence-corrected chi connectivity index (χ0v) is 11.6. The molecule has 2 atom stereocenters. The molecule has 0 aliphatic heterocycles. The molecule has 2 unspecified atom stereocenters. The van der Waals surface area contributed by atoms with E-state index >= 15 is 0 Å². The number of aromatic nitrogens is 1. The molecule has 1 aromatic heterocycles. The maximum absolute atomic E-state index is 6.02. The van der Waals surface area contributed by atoms with Crippen molar-refractivity contribution < 1.29 is 4.74 Å². The van der Waals surface area contributed by atoms with E-state index in [-0.39, 0.29) is 12.1 Å². The van der Waals surface area contributed by atoms with Gasteiger partial charge in [0.05, 0.1) is 5.69 Å². The maximum atomic E-state index is 6.02. The summed E-state index contributed by atoms with van der Waals surface area (Å²) in [5.41, 5.74) is 9.34. The van der Waals surface area contributed by atoms with Gasteiger partial charge >= 0.3 is 0 Å². The number of hydrogen-bond donors (Lipinski definition) is 1. The Morgan fingerprint density at radius 2 is 1.89 bits per heavy atom. The van der Waals surface area contributed by atoms with Gasteiger partial charge in [-0.05, 0) is 56.2 Å². The summed E-state index contributed by atoms with van der Waals surface area (Å²) in [5.74, 6) is 0.830. The summed E-state index contributed by atoms with van der Waals surface area (Å²) in [6.07, 6.45) is 1.53. The lowest BCUT2D eigenvalue weighted by molar-refractivity contribution is 0.175. The first kappa shape index (κ1) is 13.6. The molecule has 1 aromatic carbocycles. The summed E-state index contributed by atoms with van der Waals surface area (Å²) in [7, 11) is 0. The standard InChI is InChI=1S/C16H20N2O/c1-11-7-8-14(10-12(11)2)19-16(13(3)17)15-6-4-5-9-18-15/h4-10,13,16H,17H2,1-3H3. The predicted molar refractivity (Wildman–Crippen MR) is 77.2 cm³/mol. The van der Waals surface area contributed by atoms with E-state index in [1.807, 2.05) is 37.3 Å². The molecule has 3 nitrogen and oxygen atoms in total. The van der Waals surface area contributed by atoms with Gasteiger partial charge in [-0.1, -0.05) is 12.1 Å². The summed E-state index contributed by atoms with van der Waals surface area (Å²) in [6.45, 7) is 6.09. The summed E-state index contributed by atoms with van der Waals surface area (Å²) in [6, 6.07) is 11.7. The van der Waals surface area contributed by atoms with Crippen LogP contribution in [0.1, 0.15) is 29.8 Å². The van der Waals surface area contributed by atoms with Gasteiger partial charge in [-0.3, -0.25) is 4.98 Å². The van der Waals surface area contributed by atoms with Crippen molar-refractivity contribution in [2.24, 2.45) is 5.73 Å². The van der Waals surface area contributed by atoms with Crippen LogP contribution in [0.25, 0.3) is 0 Å². The maximum Gasteiger partial charge on any atom is 0.155 e. The first-order valence-corrected chi connectivity index (χ1v) is 6.48. The lowest BCUT2D eigenvalue weighted by atomic mass is 10.1. The van der Waals surface area contributed by atoms with Crippen LogP contribution < -0.4 is 10.5 Å². The molecule has 0 saturated carbocycles. The smallest absolute Gasteiger partial charge is 0.155 e. The van der Waals surface area contributed by atoms with E-state index in [0.717, 1.165) is 11.4 Å². The molecule has 0 aliphatic carbocycles. The molecule has 0 bridgehead atoms. The lowest BCUT2D eigenvalue weighted by Crippen LogP contribution is -2.29. The first-order chi connectivity index (χ1) is 9.08. The average Bonchev–Trinajstić information content (AvgIpc) is 2.40. The van der Waals surface area contributed by atoms with E-state index in [0.29, 0.717) is 0 Å². The van der Waals surface area contributed by atoms with E-state index in [9.17, 15) is 0 Å². The van der Waals surface area contributed by atoms with Crippen LogP contribution in [0.4, 0.5) is 0 Å². The molecule has 0 saturated heterocycles. The Labute approximate surface area is 114 Å². The number of nitrogens with zero attached hydrogens (tertiary/aromatic N) is 1. The molecule has 100 valence electrons. The highest BCUT2D eigenvalue weighted by Crippen LogP contribution is 2.24. The summed E-state index contributed by atoms with van der Waals surface area (Å²) in [4.78, 5) is 4.33. The molecule has 0 aliphatic rings. The summed E-state index contributed by atoms with van der Waals surface area (Å²) < 4.78 is 6.01. The second-order valence-electron chi connectivity index (χ2n) is 4.90. The zero-order valence-electron chi connectivity index (χ0n) is 11.6. The van der Waals surface area contributed by atoms with Gasteiger partial charge in [-0.2, -0.15) is 0 Å². The SMILES string of the molecule is Cc1ccc(OC(c2ccccn2)C(C)N)cc1C. The average molecular weight is 256 g/mol. The third-order valence-corrected chi connectivity index (χ3v) is 3.20. The van der Waals surface area contributed by atoms with Crippen LogP contribution >= 0.6 is 0 Å². The molecule has 2 aromatic rings. The van der Waals surface area contributed by atoms with Crippen LogP contribution in [0.5, 0.6) is 5.75 Å². The van der Waals surface area contributed by atoms with Crippen molar-refractivity contribution >= 4 is 0 Å². The fourth-order valence-electron chi connectivity index (χ4n) is 1.92. The number of hydrogen-bond acceptors (Lipinski definition) is 3. The number of ether oxygens (including phenoxy) is 1. The number of nitrogens with two attached hydrogens (primary N) is 1. The van der Waals surface area contributed by atoms with Crippen LogP contribution in [-0.2, 0) is 0 Å². The Kier molecular flexibility index (Phi) is 4.17. The van der Waals surface area contributed by atoms with Crippen molar-refractivity contribution in [1.29, 1.82) is 0 Å². The van der Waals surface area contributed by atoms with E-state index < -0.39 is 0 Å². The van der Waals surface area contributed by atoms with Crippen LogP contribution in [0, 0.1) is 13.8 Å². The number of benzene rings is 1. The first-order valence-electron chi connectivity index (χ1n) is 6.48. The van der Waals surface area contributed by atoms with E-state index in [1.165, 1.54) is 11.1 Å². The third kappa shape index (κ3) is 3.32. The largest absolute Gasteiger partial charge is 0.482 e. The molecule has 3 heteroatoms. The van der Waals surface area contributed by atoms with Crippen molar-refractivity contribution in [3.05, 3.63) is 59.4 Å². The molecule has 1 heterocycles. The number of pyridine rings is 1. The quantitative estimate of drug-likeness (QED) is 0.914. The van der Waals surface area contributed by atoms with Gasteiger partial charge in [-0.25, -0.2) is 0 Å². The van der Waals surface area contributed by atoms with Crippen molar-refractivity contribution in [3.8, 4) is 5.75 Å². The molecule has 0 fully saturated rings. The fraction of sp³-hybridized carbons (Fsp3) is 0.312. The van der Waals surface area contributed by atoms with Gasteiger partial charge in [-0.15, -0.1) is 0 Å². The highest BCUT2D eigenvalue weighted by molar-refractivity contribution is 5.34. The minimum absolute atomic E-state index is 0.128. The molecule has 0 spiro atoms. The lowest BCUT2D eigenvalue weighted by Gasteiger charge is -2.22. The minimum Gasteiger partial charge on any atom is -0.482 e. The Hall–Kier alpha value is -1.87. The monoisotopic (exact) mass is 256 g/mol. The third-order valence-electron chi connectivity index (χ3n) is 3.20. The Balaban J connectivity index is 2.24. The van der Waals surface area contributed by atoms with E-state index in [2.05, 4.69) is 24.9 Å². The Morgan fingerprint density at radius 3 is 2.47 bits per heavy atom. The van der Waals surface area contributed by atoms with Gasteiger partial charge in [0.15, 0.2) is 6.10 Å². The predicted octanol–water partition coefficient (Wildman–Crippen LogP) is 3.17. The second kappa shape index (κ2) is 5.85. The van der Waals surface area contributed by atoms with Crippen molar-refractivity contribution in [3.63, 3.8) is 0 Å². The van der Waals surface area contributed by atoms with Gasteiger partial charge in [0.1, 0.15) is 5.75 Å². The zero-order chi connectivity index (χ0) is 13.8. The van der Waals surface area contributed by atoms with Crippen LogP contribution in [-0.4, -0.2) is 11.0 Å². The Bertz CT molecular complexity index is 538. The highest BCUT2D eigenvalue weighted by atomic mass is 16.5. The second-order valence-corrected chi connectivity index (χ2v) is 4.90. The molecule has 0 radical (unpaired) electrons. The fourth-order valence-corrected chi connectivity index (χ4v) is 1.92. The van der Waals surface area contributed by atoms with Crippen LogP contribution in [0.2, 0.25) is 0 Å². The van der Waals surface area contributed by atoms with Crippen molar-refractivity contribution in [1.82, 2.24) is 4.98 Å². The van der Waals surface area contributed by atoms with E-state index in [1.54, 1.807) is 6.20 Å². The van der Waals surface area contributed by atoms with Crippen LogP contribution in [0.15, 0.2) is 42.6 Å². The van der Waals surface area contributed by atoms with Crippen LogP contribution in [0.3, 0.4) is 0 Å². The minimum atomic E-state index is -0.233. The van der Waals surface area contributed by atoms with E-state index in [4.69, 9.17) is 10.5 Å². The molecule has 2 N–H and O–H groups in total. The van der Waals surface area contributed by atoms with Gasteiger partial charge in [0, 0.05) is 12.2 Å². The summed E-state index contributed by atoms with van der Waals surface area (Å²) in [5, 5.41) is 0. The Morgan fingerprint density at radius 1 is 1.11 bits per heavy atom. The number of aryl methyl sites for hydroxylation is 2. The van der Waals surface area contributed by atoms with Gasteiger partial charge in [0.25, 0.3) is 0 Å². The van der Waals surface area contributed by atoms with Crippen molar-refractivity contribution in [2.75, 3.05) is 0 Å². The highest BCUT2D eigenvalue weighted by Gasteiger charge is 2.19. The summed E-state index contributed by atoms with van der Waals surface area (Å²) >= 11 is 0. The molecule has 2 rings (SSSR count). The normalized spacial score (nSPS) is 13.9. The van der Waals surface area contributed by atoms with Gasteiger partial charge < -0.3 is 10.5 Å². The molecular formula is C16H20N2O. The molecular weight excluding hydrogens is 236 g/mol. The topological polar surface area (TPSA) is 48.1 Å².